The first-order valence-corrected chi connectivity index (χ1v) is 18.4. The van der Waals surface area contributed by atoms with Gasteiger partial charge in [0.1, 0.15) is 117 Å². The number of aliphatic hydroxyl groups is 9. The van der Waals surface area contributed by atoms with Gasteiger partial charge in [0.15, 0.2) is 25.2 Å². The number of hydrogen-bond donors (Lipinski definition) is 12. The maximum Gasteiger partial charge on any atom is 0.329 e. The fourth-order valence-electron chi connectivity index (χ4n) is 7.04. The minimum absolute atomic E-state index is 0.466. The van der Waals surface area contributed by atoms with Crippen LogP contribution in [0.4, 0.5) is 0 Å². The highest BCUT2D eigenvalue weighted by molar-refractivity contribution is 5.68. The van der Waals surface area contributed by atoms with Gasteiger partial charge < -0.3 is 118 Å². The topological polar surface area (TPSA) is 405 Å². The lowest BCUT2D eigenvalue weighted by molar-refractivity contribution is -0.405. The number of aliphatic hydroxyl groups excluding tert-OH is 9. The summed E-state index contributed by atoms with van der Waals surface area (Å²) in [6.07, 6.45) is -33.3. The van der Waals surface area contributed by atoms with E-state index in [-0.39, 0.29) is 0 Å². The van der Waals surface area contributed by atoms with Gasteiger partial charge in [0.2, 0.25) is 0 Å². The first-order valence-electron chi connectivity index (χ1n) is 18.4. The molecule has 0 aromatic heterocycles. The molecule has 4 heterocycles. The van der Waals surface area contributed by atoms with E-state index in [9.17, 15) is 65.4 Å². The van der Waals surface area contributed by atoms with Crippen molar-refractivity contribution in [2.75, 3.05) is 60.5 Å². The van der Waals surface area contributed by atoms with Gasteiger partial charge in [0, 0.05) is 14.2 Å². The quantitative estimate of drug-likeness (QED) is 0.0509. The number of carbonyl (C=O) groups is 3. The fraction of sp³-hybridized carbons (Fsp3) is 0.909. The summed E-state index contributed by atoms with van der Waals surface area (Å²) in [6, 6.07) is 0. The van der Waals surface area contributed by atoms with Crippen LogP contribution in [0.5, 0.6) is 0 Å². The van der Waals surface area contributed by atoms with Crippen molar-refractivity contribution in [1.29, 1.82) is 0 Å². The Labute approximate surface area is 340 Å². The fourth-order valence-corrected chi connectivity index (χ4v) is 7.04. The molecule has 0 radical (unpaired) electrons. The van der Waals surface area contributed by atoms with Gasteiger partial charge in [-0.2, -0.15) is 0 Å². The van der Waals surface area contributed by atoms with E-state index in [1.807, 2.05) is 0 Å². The summed E-state index contributed by atoms with van der Waals surface area (Å²) < 4.78 is 66.2. The first kappa shape index (κ1) is 50.2. The summed E-state index contributed by atoms with van der Waals surface area (Å²) in [6.45, 7) is -4.61. The van der Waals surface area contributed by atoms with Crippen LogP contribution in [0.25, 0.3) is 0 Å². The minimum atomic E-state index is -2.34. The third kappa shape index (κ3) is 11.6. The van der Waals surface area contributed by atoms with Gasteiger partial charge in [-0.1, -0.05) is 0 Å². The van der Waals surface area contributed by atoms with Crippen LogP contribution in [0.3, 0.4) is 0 Å². The molecule has 27 nitrogen and oxygen atoms in total. The maximum atomic E-state index is 11.8. The van der Waals surface area contributed by atoms with E-state index in [0.29, 0.717) is 0 Å². The van der Waals surface area contributed by atoms with Gasteiger partial charge in [-0.15, -0.1) is 0 Å². The Balaban J connectivity index is 1.55. The third-order valence-corrected chi connectivity index (χ3v) is 10.2. The molecule has 348 valence electrons. The van der Waals surface area contributed by atoms with Gasteiger partial charge in [-0.3, -0.25) is 0 Å². The zero-order valence-electron chi connectivity index (χ0n) is 32.4. The first-order chi connectivity index (χ1) is 28.3. The number of carboxylic acid groups (broad SMARTS) is 3. The average molecular weight is 883 g/mol. The second-order valence-corrected chi connectivity index (χ2v) is 14.3. The average Bonchev–Trinajstić information content (AvgIpc) is 3.20. The van der Waals surface area contributed by atoms with Crippen molar-refractivity contribution in [2.45, 2.75) is 129 Å². The van der Waals surface area contributed by atoms with Crippen LogP contribution in [-0.2, 0) is 71.2 Å². The van der Waals surface area contributed by atoms with Gasteiger partial charge >= 0.3 is 17.9 Å². The summed E-state index contributed by atoms with van der Waals surface area (Å²) in [7, 11) is 2.31. The van der Waals surface area contributed by atoms with Crippen molar-refractivity contribution < 1.29 is 133 Å². The molecule has 0 saturated carbocycles. The summed E-state index contributed by atoms with van der Waals surface area (Å²) >= 11 is 0. The second kappa shape index (κ2) is 22.3. The number of methoxy groups -OCH3 is 2. The van der Waals surface area contributed by atoms with E-state index in [1.54, 1.807) is 0 Å². The highest BCUT2D eigenvalue weighted by Gasteiger charge is 2.60. The molecule has 0 spiro atoms. The highest BCUT2D eigenvalue weighted by Crippen LogP contribution is 2.40. The smallest absolute Gasteiger partial charge is 0.329 e. The predicted octanol–water partition coefficient (Wildman–Crippen LogP) is -7.72. The molecule has 0 bridgehead atoms. The Morgan fingerprint density at radius 2 is 0.933 bits per heavy atom. The summed E-state index contributed by atoms with van der Waals surface area (Å²) in [4.78, 5) is 33.7. The number of ether oxygens (including phenoxy) is 12. The zero-order valence-corrected chi connectivity index (χ0v) is 32.4. The molecule has 4 aliphatic rings. The Morgan fingerprint density at radius 3 is 1.42 bits per heavy atom. The van der Waals surface area contributed by atoms with E-state index in [4.69, 9.17) is 67.1 Å². The molecule has 4 fully saturated rings. The largest absolute Gasteiger partial charge is 0.480 e. The molecule has 0 amide bonds. The Morgan fingerprint density at radius 1 is 0.517 bits per heavy atom. The van der Waals surface area contributed by atoms with Crippen molar-refractivity contribution in [3.63, 3.8) is 0 Å². The molecule has 27 heteroatoms. The molecular weight excluding hydrogens is 828 g/mol. The summed E-state index contributed by atoms with van der Waals surface area (Å²) in [5.74, 6) is -4.23. The molecular formula is C33H54O27. The van der Waals surface area contributed by atoms with E-state index in [1.165, 1.54) is 7.11 Å². The monoisotopic (exact) mass is 882 g/mol. The lowest BCUT2D eigenvalue weighted by Gasteiger charge is -2.53. The number of carboxylic acids is 3. The molecule has 0 aliphatic carbocycles. The third-order valence-electron chi connectivity index (χ3n) is 10.2. The molecule has 12 N–H and O–H groups in total. The molecule has 4 saturated heterocycles. The van der Waals surface area contributed by atoms with Crippen molar-refractivity contribution in [2.24, 2.45) is 0 Å². The van der Waals surface area contributed by atoms with Crippen molar-refractivity contribution >= 4 is 17.9 Å². The molecule has 4 rings (SSSR count). The SMILES string of the molecule is CO[C@@H]1O[C@@H](COCC(=O)O)[C@@H](O[C@@H]2OC(CO)[C@@H](O[C@@H]3O[C@@H](CO)[C@@H](O[C@@H]4OC(COCC(=O)O)[C@@H](OC)C(O)[C@@H]4O)C(O)C3O)C(O)[C@]2(C)OCC(=O)O)C(O)C1O. The van der Waals surface area contributed by atoms with Crippen LogP contribution in [0.1, 0.15) is 6.92 Å². The molecule has 0 aromatic carbocycles. The van der Waals surface area contributed by atoms with Crippen LogP contribution in [0.15, 0.2) is 0 Å². The van der Waals surface area contributed by atoms with Gasteiger partial charge in [0.05, 0.1) is 26.4 Å². The van der Waals surface area contributed by atoms with E-state index in [2.05, 4.69) is 0 Å². The van der Waals surface area contributed by atoms with E-state index in [0.717, 1.165) is 14.0 Å². The maximum absolute atomic E-state index is 11.8. The van der Waals surface area contributed by atoms with Gasteiger partial charge in [-0.05, 0) is 6.92 Å². The van der Waals surface area contributed by atoms with Crippen LogP contribution in [0.2, 0.25) is 0 Å². The summed E-state index contributed by atoms with van der Waals surface area (Å²) in [5.41, 5.74) is -2.34. The van der Waals surface area contributed by atoms with Crippen molar-refractivity contribution in [1.82, 2.24) is 0 Å². The standard InChI is InChI=1S/C33H54O27/c1-33(53-10-17(40)41)28(48)27(12(5-35)57-32(33)60-26-14(7-52-9-16(38)39)55-29(50-3)21(45)19(26)43)59-30-23(47)20(44)25(11(4-34)54-30)58-31-22(46)18(42)24(49-2)13(56-31)6-51-8-15(36)37/h11-14,18-32,34-35,42-48H,4-10H2,1-3H3,(H,36,37)(H,38,39)(H,40,41)/t11-,12?,13?,14-,18?,19?,20?,21?,22-,23?,24+,25+,26+,27+,28?,29+,30-,31-,32-,33-/m0/s1. The molecule has 8 unspecified atom stereocenters. The normalized spacial score (nSPS) is 43.7. The summed E-state index contributed by atoms with van der Waals surface area (Å²) in [5, 5.41) is 125. The lowest BCUT2D eigenvalue weighted by atomic mass is 9.87. The lowest BCUT2D eigenvalue weighted by Crippen LogP contribution is -2.71. The van der Waals surface area contributed by atoms with Crippen LogP contribution >= 0.6 is 0 Å². The van der Waals surface area contributed by atoms with Crippen LogP contribution in [0, 0.1) is 0 Å². The van der Waals surface area contributed by atoms with Crippen molar-refractivity contribution in [3.05, 3.63) is 0 Å². The molecule has 0 aromatic rings. The molecule has 4 aliphatic heterocycles. The van der Waals surface area contributed by atoms with Crippen LogP contribution in [-0.4, -0.2) is 262 Å². The van der Waals surface area contributed by atoms with Crippen LogP contribution < -0.4 is 0 Å². The Kier molecular flexibility index (Phi) is 18.6. The Hall–Kier alpha value is -2.43. The number of hydrogen-bond acceptors (Lipinski definition) is 24. The highest BCUT2D eigenvalue weighted by atomic mass is 16.8. The van der Waals surface area contributed by atoms with Crippen molar-refractivity contribution in [3.8, 4) is 0 Å². The predicted molar refractivity (Wildman–Crippen MR) is 182 cm³/mol. The van der Waals surface area contributed by atoms with Gasteiger partial charge in [-0.25, -0.2) is 14.4 Å². The Bertz CT molecular complexity index is 1370. The number of rotatable bonds is 21. The van der Waals surface area contributed by atoms with E-state index >= 15 is 0 Å². The minimum Gasteiger partial charge on any atom is -0.480 e. The molecule has 20 atom stereocenters. The van der Waals surface area contributed by atoms with E-state index < -0.39 is 186 Å². The second-order valence-electron chi connectivity index (χ2n) is 14.3. The number of aliphatic carboxylic acids is 3. The zero-order chi connectivity index (χ0) is 44.6. The molecule has 60 heavy (non-hydrogen) atoms. The van der Waals surface area contributed by atoms with Gasteiger partial charge in [0.25, 0.3) is 0 Å².